The van der Waals surface area contributed by atoms with Gasteiger partial charge in [0, 0.05) is 18.2 Å². The summed E-state index contributed by atoms with van der Waals surface area (Å²) in [5.74, 6) is 1.91. The minimum atomic E-state index is 0.299. The molecule has 0 bridgehead atoms. The lowest BCUT2D eigenvalue weighted by Crippen LogP contribution is -2.04. The quantitative estimate of drug-likeness (QED) is 0.795. The van der Waals surface area contributed by atoms with Gasteiger partial charge in [0.2, 0.25) is 0 Å². The van der Waals surface area contributed by atoms with E-state index in [0.29, 0.717) is 5.92 Å². The first-order valence-corrected chi connectivity index (χ1v) is 5.91. The minimum Gasteiger partial charge on any atom is -0.226 e. The summed E-state index contributed by atoms with van der Waals surface area (Å²) in [7, 11) is 0. The Morgan fingerprint density at radius 3 is 2.62 bits per heavy atom. The first-order valence-electron chi connectivity index (χ1n) is 5.12. The van der Waals surface area contributed by atoms with E-state index in [9.17, 15) is 0 Å². The zero-order valence-corrected chi connectivity index (χ0v) is 11.1. The largest absolute Gasteiger partial charge is 0.226 e. The van der Waals surface area contributed by atoms with Crippen LogP contribution in [0.15, 0.2) is 23.1 Å². The monoisotopic (exact) mass is 280 g/mol. The van der Waals surface area contributed by atoms with Crippen LogP contribution in [0.4, 0.5) is 0 Å². The van der Waals surface area contributed by atoms with Crippen molar-refractivity contribution in [3.63, 3.8) is 0 Å². The van der Waals surface area contributed by atoms with Gasteiger partial charge in [0.05, 0.1) is 6.20 Å². The highest BCUT2D eigenvalue weighted by molar-refractivity contribution is 9.10. The van der Waals surface area contributed by atoms with Crippen molar-refractivity contribution < 1.29 is 0 Å². The smallest absolute Gasteiger partial charge is 0.158 e. The summed E-state index contributed by atoms with van der Waals surface area (Å²) >= 11 is 3.39. The number of hydrogen-bond acceptors (Lipinski definition) is 3. The maximum Gasteiger partial charge on any atom is 0.158 e. The maximum absolute atomic E-state index is 4.48. The van der Waals surface area contributed by atoms with Gasteiger partial charge in [0.15, 0.2) is 5.82 Å². The fourth-order valence-corrected chi connectivity index (χ4v) is 1.72. The molecule has 2 aromatic rings. The fraction of sp³-hybridized carbons (Fsp3) is 0.364. The summed E-state index contributed by atoms with van der Waals surface area (Å²) in [4.78, 5) is 8.81. The van der Waals surface area contributed by atoms with Crippen LogP contribution < -0.4 is 0 Å². The summed E-state index contributed by atoms with van der Waals surface area (Å²) in [6, 6.07) is 1.86. The lowest BCUT2D eigenvalue weighted by Gasteiger charge is -2.07. The lowest BCUT2D eigenvalue weighted by molar-refractivity contribution is 0.740. The van der Waals surface area contributed by atoms with Gasteiger partial charge in [-0.3, -0.25) is 0 Å². The molecule has 0 N–H and O–H groups in total. The van der Waals surface area contributed by atoms with Gasteiger partial charge in [0.1, 0.15) is 10.4 Å². The number of hydrogen-bond donors (Lipinski definition) is 0. The van der Waals surface area contributed by atoms with Gasteiger partial charge in [-0.2, -0.15) is 5.10 Å². The molecule has 0 atom stereocenters. The van der Waals surface area contributed by atoms with Crippen molar-refractivity contribution >= 4 is 15.9 Å². The Morgan fingerprint density at radius 2 is 2.06 bits per heavy atom. The van der Waals surface area contributed by atoms with Gasteiger partial charge in [-0.1, -0.05) is 13.8 Å². The molecule has 0 aliphatic carbocycles. The molecule has 0 aliphatic rings. The van der Waals surface area contributed by atoms with Crippen LogP contribution in [-0.2, 0) is 0 Å². The zero-order valence-electron chi connectivity index (χ0n) is 9.48. The summed E-state index contributed by atoms with van der Waals surface area (Å²) in [6.45, 7) is 6.14. The molecule has 16 heavy (non-hydrogen) atoms. The van der Waals surface area contributed by atoms with Gasteiger partial charge in [-0.05, 0) is 28.4 Å². The van der Waals surface area contributed by atoms with Crippen LogP contribution in [-0.4, -0.2) is 19.7 Å². The van der Waals surface area contributed by atoms with Crippen LogP contribution in [0, 0.1) is 6.92 Å². The average molecular weight is 281 g/mol. The van der Waals surface area contributed by atoms with Crippen molar-refractivity contribution in [1.29, 1.82) is 0 Å². The summed E-state index contributed by atoms with van der Waals surface area (Å²) in [5.41, 5.74) is 1.11. The van der Waals surface area contributed by atoms with E-state index in [2.05, 4.69) is 44.8 Å². The normalized spacial score (nSPS) is 11.1. The number of nitrogens with zero attached hydrogens (tertiary/aromatic N) is 4. The van der Waals surface area contributed by atoms with Crippen LogP contribution in [0.1, 0.15) is 31.2 Å². The topological polar surface area (TPSA) is 43.6 Å². The van der Waals surface area contributed by atoms with Crippen LogP contribution in [0.25, 0.3) is 5.82 Å². The molecular weight excluding hydrogens is 268 g/mol. The third kappa shape index (κ3) is 2.29. The lowest BCUT2D eigenvalue weighted by atomic mass is 10.2. The first kappa shape index (κ1) is 11.3. The molecule has 4 nitrogen and oxygen atoms in total. The van der Waals surface area contributed by atoms with E-state index < -0.39 is 0 Å². The van der Waals surface area contributed by atoms with Crippen LogP contribution in [0.2, 0.25) is 0 Å². The van der Waals surface area contributed by atoms with Crippen molar-refractivity contribution in [3.8, 4) is 5.82 Å². The maximum atomic E-state index is 4.48. The standard InChI is InChI=1S/C11H13BrN4/c1-7(2)11-14-9(12)4-10(15-11)16-6-8(3)5-13-16/h4-7H,1-3H3. The molecule has 0 spiro atoms. The van der Waals surface area contributed by atoms with E-state index in [1.807, 2.05) is 25.4 Å². The summed E-state index contributed by atoms with van der Waals surface area (Å²) in [6.07, 6.45) is 3.75. The molecule has 2 aromatic heterocycles. The molecule has 0 fully saturated rings. The van der Waals surface area contributed by atoms with E-state index in [0.717, 1.165) is 21.8 Å². The van der Waals surface area contributed by atoms with E-state index in [1.54, 1.807) is 4.68 Å². The van der Waals surface area contributed by atoms with Gasteiger partial charge >= 0.3 is 0 Å². The molecule has 0 unspecified atom stereocenters. The Morgan fingerprint density at radius 1 is 1.31 bits per heavy atom. The second-order valence-corrected chi connectivity index (χ2v) is 4.84. The van der Waals surface area contributed by atoms with Crippen LogP contribution >= 0.6 is 15.9 Å². The van der Waals surface area contributed by atoms with Gasteiger partial charge in [-0.25, -0.2) is 14.6 Å². The SMILES string of the molecule is Cc1cnn(-c2cc(Br)nc(C(C)C)n2)c1. The average Bonchev–Trinajstić information content (AvgIpc) is 2.64. The first-order chi connectivity index (χ1) is 7.56. The molecular formula is C11H13BrN4. The molecule has 84 valence electrons. The van der Waals surface area contributed by atoms with Crippen LogP contribution in [0.3, 0.4) is 0 Å². The predicted octanol–water partition coefficient (Wildman–Crippen LogP) is 2.86. The Balaban J connectivity index is 2.49. The third-order valence-electron chi connectivity index (χ3n) is 2.16. The van der Waals surface area contributed by atoms with Crippen LogP contribution in [0.5, 0.6) is 0 Å². The third-order valence-corrected chi connectivity index (χ3v) is 2.57. The Kier molecular flexibility index (Phi) is 3.05. The second-order valence-electron chi connectivity index (χ2n) is 4.02. The minimum absolute atomic E-state index is 0.299. The Hall–Kier alpha value is -1.23. The number of rotatable bonds is 2. The number of aryl methyl sites for hydroxylation is 1. The van der Waals surface area contributed by atoms with Gasteiger partial charge in [-0.15, -0.1) is 0 Å². The van der Waals surface area contributed by atoms with Gasteiger partial charge < -0.3 is 0 Å². The zero-order chi connectivity index (χ0) is 11.7. The number of halogens is 1. The summed E-state index contributed by atoms with van der Waals surface area (Å²) < 4.78 is 2.54. The van der Waals surface area contributed by atoms with E-state index >= 15 is 0 Å². The molecule has 0 radical (unpaired) electrons. The van der Waals surface area contributed by atoms with Crippen molar-refractivity contribution in [2.45, 2.75) is 26.7 Å². The molecule has 2 rings (SSSR count). The Bertz CT molecular complexity index is 504. The van der Waals surface area contributed by atoms with Crippen molar-refractivity contribution in [2.24, 2.45) is 0 Å². The highest BCUT2D eigenvalue weighted by Gasteiger charge is 2.08. The summed E-state index contributed by atoms with van der Waals surface area (Å²) in [5, 5.41) is 4.23. The molecule has 2 heterocycles. The van der Waals surface area contributed by atoms with E-state index in [-0.39, 0.29) is 0 Å². The molecule has 0 aliphatic heterocycles. The van der Waals surface area contributed by atoms with Crippen molar-refractivity contribution in [3.05, 3.63) is 34.5 Å². The van der Waals surface area contributed by atoms with Crippen molar-refractivity contribution in [1.82, 2.24) is 19.7 Å². The molecule has 0 saturated carbocycles. The predicted molar refractivity (Wildman–Crippen MR) is 65.7 cm³/mol. The highest BCUT2D eigenvalue weighted by Crippen LogP contribution is 2.16. The molecule has 0 amide bonds. The highest BCUT2D eigenvalue weighted by atomic mass is 79.9. The van der Waals surface area contributed by atoms with Crippen molar-refractivity contribution in [2.75, 3.05) is 0 Å². The molecule has 0 aromatic carbocycles. The Labute approximate surface area is 103 Å². The number of aromatic nitrogens is 4. The van der Waals surface area contributed by atoms with E-state index in [1.165, 1.54) is 0 Å². The molecule has 0 saturated heterocycles. The second kappa shape index (κ2) is 4.33. The fourth-order valence-electron chi connectivity index (χ4n) is 1.34. The van der Waals surface area contributed by atoms with Gasteiger partial charge in [0.25, 0.3) is 0 Å². The molecule has 5 heteroatoms. The van der Waals surface area contributed by atoms with E-state index in [4.69, 9.17) is 0 Å².